The summed E-state index contributed by atoms with van der Waals surface area (Å²) in [5.74, 6) is -0.227. The number of carboxylic acid groups (broad SMARTS) is 1. The molecule has 1 aromatic carbocycles. The van der Waals surface area contributed by atoms with Crippen molar-refractivity contribution in [3.63, 3.8) is 0 Å². The SMILES string of the molecule is COc1cc(Cl)c(CCCCC(=O)O)cc1Cl. The minimum Gasteiger partial charge on any atom is -0.495 e. The molecule has 5 heteroatoms. The van der Waals surface area contributed by atoms with Gasteiger partial charge >= 0.3 is 5.97 Å². The van der Waals surface area contributed by atoms with Crippen molar-refractivity contribution >= 4 is 29.2 Å². The van der Waals surface area contributed by atoms with Crippen LogP contribution in [0.3, 0.4) is 0 Å². The smallest absolute Gasteiger partial charge is 0.303 e. The highest BCUT2D eigenvalue weighted by molar-refractivity contribution is 6.34. The first-order valence-corrected chi connectivity index (χ1v) is 6.04. The first kappa shape index (κ1) is 14.1. The summed E-state index contributed by atoms with van der Waals surface area (Å²) in [6, 6.07) is 3.44. The topological polar surface area (TPSA) is 46.5 Å². The molecule has 0 aromatic heterocycles. The standard InChI is InChI=1S/C12H14Cl2O3/c1-17-11-7-9(13)8(6-10(11)14)4-2-3-5-12(15)16/h6-7H,2-5H2,1H3,(H,15,16). The van der Waals surface area contributed by atoms with Gasteiger partial charge in [0.05, 0.1) is 12.1 Å². The van der Waals surface area contributed by atoms with Gasteiger partial charge in [0.15, 0.2) is 0 Å². The van der Waals surface area contributed by atoms with E-state index in [0.717, 1.165) is 18.4 Å². The molecule has 0 aliphatic heterocycles. The van der Waals surface area contributed by atoms with Crippen LogP contribution in [0.15, 0.2) is 12.1 Å². The minimum atomic E-state index is -0.774. The van der Waals surface area contributed by atoms with Crippen LogP contribution >= 0.6 is 23.2 Å². The molecule has 0 saturated heterocycles. The van der Waals surface area contributed by atoms with E-state index >= 15 is 0 Å². The highest BCUT2D eigenvalue weighted by Crippen LogP contribution is 2.31. The summed E-state index contributed by atoms with van der Waals surface area (Å²) in [5.41, 5.74) is 0.919. The lowest BCUT2D eigenvalue weighted by molar-refractivity contribution is -0.137. The predicted molar refractivity (Wildman–Crippen MR) is 68.2 cm³/mol. The lowest BCUT2D eigenvalue weighted by atomic mass is 10.1. The van der Waals surface area contributed by atoms with Gasteiger partial charge in [-0.3, -0.25) is 4.79 Å². The Labute approximate surface area is 110 Å². The molecule has 0 aliphatic rings. The van der Waals surface area contributed by atoms with Gasteiger partial charge in [-0.1, -0.05) is 23.2 Å². The number of aliphatic carboxylic acids is 1. The number of hydrogen-bond acceptors (Lipinski definition) is 2. The summed E-state index contributed by atoms with van der Waals surface area (Å²) < 4.78 is 5.04. The van der Waals surface area contributed by atoms with Gasteiger partial charge in [0, 0.05) is 17.5 Å². The Morgan fingerprint density at radius 1 is 1.29 bits per heavy atom. The molecule has 17 heavy (non-hydrogen) atoms. The molecule has 1 rings (SSSR count). The molecule has 0 heterocycles. The molecule has 1 aromatic rings. The van der Waals surface area contributed by atoms with Crippen molar-refractivity contribution in [3.8, 4) is 5.75 Å². The molecule has 94 valence electrons. The summed E-state index contributed by atoms with van der Waals surface area (Å²) in [6.45, 7) is 0. The fourth-order valence-corrected chi connectivity index (χ4v) is 2.02. The lowest BCUT2D eigenvalue weighted by Gasteiger charge is -2.08. The summed E-state index contributed by atoms with van der Waals surface area (Å²) in [7, 11) is 1.53. The van der Waals surface area contributed by atoms with Gasteiger partial charge in [-0.15, -0.1) is 0 Å². The number of carboxylic acids is 1. The second-order valence-electron chi connectivity index (χ2n) is 3.68. The van der Waals surface area contributed by atoms with E-state index in [4.69, 9.17) is 33.0 Å². The van der Waals surface area contributed by atoms with E-state index in [2.05, 4.69) is 0 Å². The number of hydrogen-bond donors (Lipinski definition) is 1. The van der Waals surface area contributed by atoms with Crippen molar-refractivity contribution in [3.05, 3.63) is 27.7 Å². The summed E-state index contributed by atoms with van der Waals surface area (Å²) in [4.78, 5) is 10.4. The molecular formula is C12H14Cl2O3. The van der Waals surface area contributed by atoms with Crippen LogP contribution in [0, 0.1) is 0 Å². The van der Waals surface area contributed by atoms with Gasteiger partial charge in [-0.05, 0) is 30.9 Å². The number of ether oxygens (including phenoxy) is 1. The molecule has 0 saturated carbocycles. The Morgan fingerprint density at radius 2 is 2.00 bits per heavy atom. The average molecular weight is 277 g/mol. The Balaban J connectivity index is 2.59. The molecule has 0 radical (unpaired) electrons. The van der Waals surface area contributed by atoms with Gasteiger partial charge in [0.1, 0.15) is 5.75 Å². The van der Waals surface area contributed by atoms with Gasteiger partial charge < -0.3 is 9.84 Å². The highest BCUT2D eigenvalue weighted by Gasteiger charge is 2.07. The third-order valence-electron chi connectivity index (χ3n) is 2.41. The van der Waals surface area contributed by atoms with Crippen molar-refractivity contribution in [2.24, 2.45) is 0 Å². The Bertz CT molecular complexity index is 405. The van der Waals surface area contributed by atoms with E-state index in [1.54, 1.807) is 12.1 Å². The van der Waals surface area contributed by atoms with Crippen LogP contribution in [0.4, 0.5) is 0 Å². The number of carbonyl (C=O) groups is 1. The van der Waals surface area contributed by atoms with Gasteiger partial charge in [-0.2, -0.15) is 0 Å². The first-order valence-electron chi connectivity index (χ1n) is 5.28. The second-order valence-corrected chi connectivity index (χ2v) is 4.49. The molecule has 1 N–H and O–H groups in total. The number of halogens is 2. The molecule has 0 aliphatic carbocycles. The normalized spacial score (nSPS) is 10.3. The lowest BCUT2D eigenvalue weighted by Crippen LogP contribution is -1.95. The van der Waals surface area contributed by atoms with Crippen molar-refractivity contribution in [1.82, 2.24) is 0 Å². The van der Waals surface area contributed by atoms with Crippen LogP contribution in [0.25, 0.3) is 0 Å². The fraction of sp³-hybridized carbons (Fsp3) is 0.417. The van der Waals surface area contributed by atoms with Gasteiger partial charge in [0.25, 0.3) is 0 Å². The number of aryl methyl sites for hydroxylation is 1. The van der Waals surface area contributed by atoms with E-state index in [1.165, 1.54) is 7.11 Å². The number of unbranched alkanes of at least 4 members (excludes halogenated alkanes) is 1. The van der Waals surface area contributed by atoms with Gasteiger partial charge in [0.2, 0.25) is 0 Å². The van der Waals surface area contributed by atoms with E-state index in [0.29, 0.717) is 22.2 Å². The summed E-state index contributed by atoms with van der Waals surface area (Å²) >= 11 is 12.1. The summed E-state index contributed by atoms with van der Waals surface area (Å²) in [6.07, 6.45) is 2.31. The maximum Gasteiger partial charge on any atom is 0.303 e. The van der Waals surface area contributed by atoms with E-state index in [1.807, 2.05) is 0 Å². The third kappa shape index (κ3) is 4.44. The number of methoxy groups -OCH3 is 1. The average Bonchev–Trinajstić information content (AvgIpc) is 2.28. The van der Waals surface area contributed by atoms with Crippen LogP contribution < -0.4 is 4.74 Å². The zero-order chi connectivity index (χ0) is 12.8. The zero-order valence-corrected chi connectivity index (χ0v) is 11.0. The highest BCUT2D eigenvalue weighted by atomic mass is 35.5. The predicted octanol–water partition coefficient (Wildman–Crippen LogP) is 3.80. The number of benzene rings is 1. The Morgan fingerprint density at radius 3 is 2.59 bits per heavy atom. The molecule has 0 amide bonds. The molecular weight excluding hydrogens is 263 g/mol. The minimum absolute atomic E-state index is 0.182. The van der Waals surface area contributed by atoms with Crippen LogP contribution in [0.2, 0.25) is 10.0 Å². The van der Waals surface area contributed by atoms with Crippen molar-refractivity contribution in [2.75, 3.05) is 7.11 Å². The Kier molecular flexibility index (Phi) is 5.59. The van der Waals surface area contributed by atoms with Crippen LogP contribution in [-0.2, 0) is 11.2 Å². The zero-order valence-electron chi connectivity index (χ0n) is 9.50. The van der Waals surface area contributed by atoms with E-state index in [-0.39, 0.29) is 6.42 Å². The molecule has 0 spiro atoms. The van der Waals surface area contributed by atoms with Crippen LogP contribution in [-0.4, -0.2) is 18.2 Å². The number of rotatable bonds is 6. The third-order valence-corrected chi connectivity index (χ3v) is 3.05. The maximum absolute atomic E-state index is 10.4. The molecule has 0 unspecified atom stereocenters. The molecule has 0 fully saturated rings. The largest absolute Gasteiger partial charge is 0.495 e. The van der Waals surface area contributed by atoms with Crippen molar-refractivity contribution < 1.29 is 14.6 Å². The second kappa shape index (κ2) is 6.72. The van der Waals surface area contributed by atoms with E-state index in [9.17, 15) is 4.79 Å². The fourth-order valence-electron chi connectivity index (χ4n) is 1.51. The van der Waals surface area contributed by atoms with Crippen LogP contribution in [0.1, 0.15) is 24.8 Å². The monoisotopic (exact) mass is 276 g/mol. The van der Waals surface area contributed by atoms with E-state index < -0.39 is 5.97 Å². The van der Waals surface area contributed by atoms with Crippen molar-refractivity contribution in [2.45, 2.75) is 25.7 Å². The quantitative estimate of drug-likeness (QED) is 0.804. The summed E-state index contributed by atoms with van der Waals surface area (Å²) in [5, 5.41) is 9.63. The Hall–Kier alpha value is -0.930. The van der Waals surface area contributed by atoms with Gasteiger partial charge in [-0.25, -0.2) is 0 Å². The maximum atomic E-state index is 10.4. The molecule has 0 bridgehead atoms. The van der Waals surface area contributed by atoms with Crippen LogP contribution in [0.5, 0.6) is 5.75 Å². The van der Waals surface area contributed by atoms with Crippen molar-refractivity contribution in [1.29, 1.82) is 0 Å². The molecule has 0 atom stereocenters. The first-order chi connectivity index (χ1) is 8.04. The molecule has 3 nitrogen and oxygen atoms in total.